The third kappa shape index (κ3) is 6.78. The zero-order valence-electron chi connectivity index (χ0n) is 11.6. The van der Waals surface area contributed by atoms with Crippen LogP contribution in [0, 0.1) is 5.92 Å². The highest BCUT2D eigenvalue weighted by Gasteiger charge is 2.24. The van der Waals surface area contributed by atoms with Crippen molar-refractivity contribution in [2.24, 2.45) is 10.9 Å². The topological polar surface area (TPSA) is 56.7 Å². The molecule has 108 valence electrons. The molecule has 0 amide bonds. The van der Waals surface area contributed by atoms with E-state index in [0.717, 1.165) is 51.3 Å². The van der Waals surface area contributed by atoms with Crippen LogP contribution in [0.15, 0.2) is 4.99 Å². The van der Waals surface area contributed by atoms with Gasteiger partial charge in [0.1, 0.15) is 0 Å². The summed E-state index contributed by atoms with van der Waals surface area (Å²) >= 11 is 0. The fourth-order valence-electron chi connectivity index (χ4n) is 2.16. The summed E-state index contributed by atoms with van der Waals surface area (Å²) in [6.45, 7) is 6.84. The zero-order chi connectivity index (χ0) is 12.5. The molecule has 0 heterocycles. The average molecular weight is 369 g/mol. The minimum Gasteiger partial charge on any atom is -0.393 e. The van der Waals surface area contributed by atoms with Crippen molar-refractivity contribution in [2.45, 2.75) is 52.1 Å². The van der Waals surface area contributed by atoms with E-state index < -0.39 is 0 Å². The fourth-order valence-corrected chi connectivity index (χ4v) is 2.16. The van der Waals surface area contributed by atoms with Crippen molar-refractivity contribution in [3.8, 4) is 0 Å². The maximum atomic E-state index is 9.74. The molecule has 0 saturated heterocycles. The van der Waals surface area contributed by atoms with Crippen LogP contribution < -0.4 is 10.6 Å². The Balaban J connectivity index is 0.00000289. The van der Waals surface area contributed by atoms with E-state index >= 15 is 0 Å². The van der Waals surface area contributed by atoms with Crippen LogP contribution in [0.5, 0.6) is 0 Å². The molecule has 1 rings (SSSR count). The number of aliphatic imine (C=N–C) groups is 1. The van der Waals surface area contributed by atoms with Crippen molar-refractivity contribution < 1.29 is 5.11 Å². The van der Waals surface area contributed by atoms with Crippen molar-refractivity contribution in [3.05, 3.63) is 0 Å². The maximum Gasteiger partial charge on any atom is 0.191 e. The van der Waals surface area contributed by atoms with Gasteiger partial charge in [-0.25, -0.2) is 0 Å². The van der Waals surface area contributed by atoms with Crippen LogP contribution in [0.25, 0.3) is 0 Å². The van der Waals surface area contributed by atoms with Crippen LogP contribution in [-0.4, -0.2) is 36.8 Å². The van der Waals surface area contributed by atoms with Gasteiger partial charge in [0.05, 0.1) is 6.10 Å². The molecule has 18 heavy (non-hydrogen) atoms. The number of halogens is 1. The second kappa shape index (κ2) is 10.8. The van der Waals surface area contributed by atoms with Crippen LogP contribution in [0.3, 0.4) is 0 Å². The summed E-state index contributed by atoms with van der Waals surface area (Å²) in [6, 6.07) is 0. The summed E-state index contributed by atoms with van der Waals surface area (Å²) in [5.41, 5.74) is 0. The largest absolute Gasteiger partial charge is 0.393 e. The summed E-state index contributed by atoms with van der Waals surface area (Å²) in [5.74, 6) is 1.25. The number of nitrogens with zero attached hydrogens (tertiary/aromatic N) is 1. The van der Waals surface area contributed by atoms with E-state index in [1.807, 2.05) is 0 Å². The number of nitrogens with one attached hydrogen (secondary N) is 2. The van der Waals surface area contributed by atoms with Gasteiger partial charge in [-0.05, 0) is 26.2 Å². The second-order valence-corrected chi connectivity index (χ2v) is 4.76. The molecule has 0 bridgehead atoms. The number of aliphatic hydroxyl groups is 1. The normalized spacial score (nSPS) is 23.6. The highest BCUT2D eigenvalue weighted by atomic mass is 127. The smallest absolute Gasteiger partial charge is 0.191 e. The van der Waals surface area contributed by atoms with Crippen molar-refractivity contribution in [1.29, 1.82) is 0 Å². The lowest BCUT2D eigenvalue weighted by Crippen LogP contribution is -2.38. The van der Waals surface area contributed by atoms with Crippen molar-refractivity contribution in [1.82, 2.24) is 10.6 Å². The lowest BCUT2D eigenvalue weighted by molar-refractivity contribution is 0.136. The van der Waals surface area contributed by atoms with E-state index in [4.69, 9.17) is 0 Å². The molecule has 5 heteroatoms. The van der Waals surface area contributed by atoms with Gasteiger partial charge in [0.2, 0.25) is 0 Å². The molecule has 1 fully saturated rings. The van der Waals surface area contributed by atoms with E-state index in [1.165, 1.54) is 6.42 Å². The van der Waals surface area contributed by atoms with Gasteiger partial charge in [0.25, 0.3) is 0 Å². The summed E-state index contributed by atoms with van der Waals surface area (Å²) in [7, 11) is 0. The van der Waals surface area contributed by atoms with E-state index in [1.54, 1.807) is 0 Å². The lowest BCUT2D eigenvalue weighted by Gasteiger charge is -2.14. The van der Waals surface area contributed by atoms with Gasteiger partial charge >= 0.3 is 0 Å². The third-order valence-electron chi connectivity index (χ3n) is 3.27. The molecule has 4 nitrogen and oxygen atoms in total. The van der Waals surface area contributed by atoms with Crippen molar-refractivity contribution >= 4 is 29.9 Å². The van der Waals surface area contributed by atoms with Crippen LogP contribution in [0.2, 0.25) is 0 Å². The summed E-state index contributed by atoms with van der Waals surface area (Å²) in [6.07, 6.45) is 5.40. The first kappa shape index (κ1) is 18.0. The Morgan fingerprint density at radius 2 is 2.06 bits per heavy atom. The molecule has 2 atom stereocenters. The van der Waals surface area contributed by atoms with Crippen LogP contribution in [-0.2, 0) is 0 Å². The first-order valence-corrected chi connectivity index (χ1v) is 6.98. The van der Waals surface area contributed by atoms with E-state index in [9.17, 15) is 5.11 Å². The van der Waals surface area contributed by atoms with E-state index in [0.29, 0.717) is 5.92 Å². The highest BCUT2D eigenvalue weighted by Crippen LogP contribution is 2.25. The Bertz CT molecular complexity index is 236. The van der Waals surface area contributed by atoms with Gasteiger partial charge in [-0.15, -0.1) is 24.0 Å². The van der Waals surface area contributed by atoms with Crippen molar-refractivity contribution in [2.75, 3.05) is 19.6 Å². The van der Waals surface area contributed by atoms with Gasteiger partial charge in [0, 0.05) is 25.6 Å². The summed E-state index contributed by atoms with van der Waals surface area (Å²) in [4.78, 5) is 4.55. The first-order chi connectivity index (χ1) is 8.27. The molecule has 0 aromatic carbocycles. The monoisotopic (exact) mass is 369 g/mol. The molecule has 0 aromatic rings. The highest BCUT2D eigenvalue weighted by molar-refractivity contribution is 14.0. The number of rotatable bonds is 6. The molecule has 3 N–H and O–H groups in total. The molecule has 0 aromatic heterocycles. The van der Waals surface area contributed by atoms with Gasteiger partial charge < -0.3 is 15.7 Å². The Kier molecular flexibility index (Phi) is 10.8. The fraction of sp³-hybridized carbons (Fsp3) is 0.923. The molecule has 0 radical (unpaired) electrons. The minimum absolute atomic E-state index is 0. The van der Waals surface area contributed by atoms with Crippen LogP contribution in [0.4, 0.5) is 0 Å². The van der Waals surface area contributed by atoms with Crippen LogP contribution in [0.1, 0.15) is 46.0 Å². The quantitative estimate of drug-likeness (QED) is 0.291. The van der Waals surface area contributed by atoms with Gasteiger partial charge in [-0.2, -0.15) is 0 Å². The molecule has 1 aliphatic carbocycles. The van der Waals surface area contributed by atoms with Crippen LogP contribution >= 0.6 is 24.0 Å². The minimum atomic E-state index is -0.141. The van der Waals surface area contributed by atoms with E-state index in [2.05, 4.69) is 29.5 Å². The molecule has 2 unspecified atom stereocenters. The predicted octanol–water partition coefficient (Wildman–Crippen LogP) is 2.12. The lowest BCUT2D eigenvalue weighted by atomic mass is 10.1. The molecule has 0 spiro atoms. The molecular weight excluding hydrogens is 341 g/mol. The number of guanidine groups is 1. The number of unbranched alkanes of at least 4 members (excludes halogenated alkanes) is 1. The summed E-state index contributed by atoms with van der Waals surface area (Å²) < 4.78 is 0. The molecule has 1 aliphatic rings. The van der Waals surface area contributed by atoms with Gasteiger partial charge in [0.15, 0.2) is 5.96 Å². The number of hydrogen-bond acceptors (Lipinski definition) is 2. The van der Waals surface area contributed by atoms with Gasteiger partial charge in [-0.1, -0.05) is 19.8 Å². The number of hydrogen-bond donors (Lipinski definition) is 3. The second-order valence-electron chi connectivity index (χ2n) is 4.76. The van der Waals surface area contributed by atoms with E-state index in [-0.39, 0.29) is 30.1 Å². The maximum absolute atomic E-state index is 9.74. The Morgan fingerprint density at radius 1 is 1.28 bits per heavy atom. The Labute approximate surface area is 128 Å². The summed E-state index contributed by atoms with van der Waals surface area (Å²) in [5, 5.41) is 16.3. The average Bonchev–Trinajstić information content (AvgIpc) is 2.72. The molecular formula is C13H28IN3O. The molecule has 0 aliphatic heterocycles. The first-order valence-electron chi connectivity index (χ1n) is 6.98. The molecule has 1 saturated carbocycles. The predicted molar refractivity (Wildman–Crippen MR) is 87.7 cm³/mol. The third-order valence-corrected chi connectivity index (χ3v) is 3.27. The van der Waals surface area contributed by atoms with Crippen molar-refractivity contribution in [3.63, 3.8) is 0 Å². The standard InChI is InChI=1S/C13H27N3O.HI/c1-3-5-9-15-13(14-4-2)16-10-11-7-6-8-12(11)17;/h11-12,17H,3-10H2,1-2H3,(H2,14,15,16);1H. The Morgan fingerprint density at radius 3 is 2.61 bits per heavy atom. The number of aliphatic hydroxyl groups excluding tert-OH is 1. The SMILES string of the molecule is CCCCNC(=NCC1CCCC1O)NCC.I. The van der Waals surface area contributed by atoms with Gasteiger partial charge in [-0.3, -0.25) is 4.99 Å². The Hall–Kier alpha value is -0.0400. The zero-order valence-corrected chi connectivity index (χ0v) is 13.9.